The van der Waals surface area contributed by atoms with Crippen molar-refractivity contribution < 1.29 is 9.53 Å². The molecule has 5 rings (SSSR count). The number of rotatable bonds is 4. The third-order valence-corrected chi connectivity index (χ3v) is 5.68. The summed E-state index contributed by atoms with van der Waals surface area (Å²) in [6.45, 7) is 4.49. The number of anilines is 1. The van der Waals surface area contributed by atoms with Gasteiger partial charge < -0.3 is 15.4 Å². The van der Waals surface area contributed by atoms with E-state index in [0.717, 1.165) is 5.56 Å². The van der Waals surface area contributed by atoms with Crippen molar-refractivity contribution in [3.63, 3.8) is 0 Å². The first-order valence-corrected chi connectivity index (χ1v) is 10.3. The second kappa shape index (κ2) is 8.33. The lowest BCUT2D eigenvalue weighted by atomic mass is 10.2. The van der Waals surface area contributed by atoms with Gasteiger partial charge in [-0.05, 0) is 30.6 Å². The number of carbonyl (C=O) groups is 1. The topological polar surface area (TPSA) is 129 Å². The summed E-state index contributed by atoms with van der Waals surface area (Å²) in [6.07, 6.45) is 6.65. The van der Waals surface area contributed by atoms with Gasteiger partial charge in [0.1, 0.15) is 24.2 Å². The zero-order chi connectivity index (χ0) is 22.9. The van der Waals surface area contributed by atoms with Gasteiger partial charge in [0, 0.05) is 25.4 Å². The monoisotopic (exact) mass is 443 g/mol. The van der Waals surface area contributed by atoms with Crippen LogP contribution in [0.3, 0.4) is 0 Å². The number of methoxy groups -OCH3 is 1. The molecule has 1 saturated heterocycles. The predicted octanol–water partition coefficient (Wildman–Crippen LogP) is 0.825. The van der Waals surface area contributed by atoms with E-state index in [1.807, 2.05) is 12.1 Å². The number of nitrogen functional groups attached to an aromatic ring is 1. The van der Waals surface area contributed by atoms with Crippen LogP contribution in [0.1, 0.15) is 23.7 Å². The lowest BCUT2D eigenvalue weighted by Gasteiger charge is -2.22. The normalized spacial score (nSPS) is 17.9. The Balaban J connectivity index is 1.55. The molecule has 1 fully saturated rings. The molecule has 1 aliphatic rings. The third kappa shape index (κ3) is 3.66. The van der Waals surface area contributed by atoms with Gasteiger partial charge in [-0.2, -0.15) is 10.2 Å². The molecule has 1 amide bonds. The fourth-order valence-electron chi connectivity index (χ4n) is 4.17. The maximum atomic E-state index is 12.4. The number of nitrogens with zero attached hydrogens (tertiary/aromatic N) is 8. The van der Waals surface area contributed by atoms with E-state index in [-0.39, 0.29) is 18.0 Å². The van der Waals surface area contributed by atoms with Gasteiger partial charge in [-0.25, -0.2) is 24.1 Å². The lowest BCUT2D eigenvalue weighted by molar-refractivity contribution is -0.127. The van der Waals surface area contributed by atoms with Crippen LogP contribution in [0.15, 0.2) is 43.6 Å². The summed E-state index contributed by atoms with van der Waals surface area (Å²) < 4.78 is 8.77. The molecule has 11 heteroatoms. The van der Waals surface area contributed by atoms with Crippen LogP contribution in [-0.2, 0) is 9.53 Å². The van der Waals surface area contributed by atoms with E-state index >= 15 is 0 Å². The first-order chi connectivity index (χ1) is 16.1. The molecule has 0 aliphatic carbocycles. The number of likely N-dealkylation sites (tertiary alicyclic amines) is 1. The summed E-state index contributed by atoms with van der Waals surface area (Å²) in [4.78, 5) is 26.9. The quantitative estimate of drug-likeness (QED) is 0.363. The Hall–Kier alpha value is -4.30. The Morgan fingerprint density at radius 1 is 1.33 bits per heavy atom. The molecule has 4 aromatic rings. The van der Waals surface area contributed by atoms with Crippen LogP contribution in [0, 0.1) is 11.8 Å². The van der Waals surface area contributed by atoms with Gasteiger partial charge >= 0.3 is 0 Å². The second-order valence-electron chi connectivity index (χ2n) is 7.67. The number of hydrogen-bond donors (Lipinski definition) is 1. The van der Waals surface area contributed by atoms with Gasteiger partial charge in [0.05, 0.1) is 24.1 Å². The van der Waals surface area contributed by atoms with Gasteiger partial charge in [-0.3, -0.25) is 4.79 Å². The minimum atomic E-state index is -0.144. The van der Waals surface area contributed by atoms with Crippen LogP contribution < -0.4 is 5.73 Å². The molecule has 0 saturated carbocycles. The van der Waals surface area contributed by atoms with Crippen molar-refractivity contribution in [2.24, 2.45) is 0 Å². The fraction of sp³-hybridized carbons (Fsp3) is 0.273. The van der Waals surface area contributed by atoms with Crippen molar-refractivity contribution in [2.75, 3.05) is 26.0 Å². The second-order valence-corrected chi connectivity index (χ2v) is 7.67. The highest BCUT2D eigenvalue weighted by molar-refractivity contribution is 5.91. The van der Waals surface area contributed by atoms with Crippen LogP contribution >= 0.6 is 0 Å². The van der Waals surface area contributed by atoms with Crippen molar-refractivity contribution >= 4 is 28.4 Å². The van der Waals surface area contributed by atoms with Gasteiger partial charge in [-0.15, -0.1) is 0 Å². The minimum Gasteiger partial charge on any atom is -0.383 e. The molecular weight excluding hydrogens is 422 g/mol. The van der Waals surface area contributed by atoms with Crippen LogP contribution in [-0.4, -0.2) is 71.5 Å². The molecule has 2 atom stereocenters. The average Bonchev–Trinajstić information content (AvgIpc) is 3.54. The molecule has 0 aromatic carbocycles. The Morgan fingerprint density at radius 3 is 3.03 bits per heavy atom. The molecule has 0 radical (unpaired) electrons. The number of fused-ring (bicyclic) bond motifs is 2. The third-order valence-electron chi connectivity index (χ3n) is 5.68. The highest BCUT2D eigenvalue weighted by atomic mass is 16.5. The van der Waals surface area contributed by atoms with E-state index in [1.54, 1.807) is 27.4 Å². The standard InChI is InChI=1S/C22H21N9O2/c1-3-19(32)29-10-15(9-16(29)11-33-2)31-22-20(21(23)25-12-26-22)17(28-31)5-4-14-6-7-30-18(8-14)24-13-27-30/h3,6-8,12-13,15-16H,1,9-11H2,2H3,(H2,23,25,26)/t15-,16+/m0/s1. The summed E-state index contributed by atoms with van der Waals surface area (Å²) in [7, 11) is 1.62. The average molecular weight is 443 g/mol. The van der Waals surface area contributed by atoms with E-state index in [9.17, 15) is 4.79 Å². The van der Waals surface area contributed by atoms with Crippen LogP contribution in [0.25, 0.3) is 16.7 Å². The summed E-state index contributed by atoms with van der Waals surface area (Å²) in [5, 5.41) is 9.41. The van der Waals surface area contributed by atoms with Crippen LogP contribution in [0.4, 0.5) is 5.82 Å². The molecule has 4 aromatic heterocycles. The number of ether oxygens (including phenoxy) is 1. The highest BCUT2D eigenvalue weighted by Crippen LogP contribution is 2.31. The molecule has 33 heavy (non-hydrogen) atoms. The summed E-state index contributed by atoms with van der Waals surface area (Å²) in [5.74, 6) is 6.38. The van der Waals surface area contributed by atoms with Gasteiger partial charge in [0.2, 0.25) is 5.91 Å². The SMILES string of the molecule is C=CC(=O)N1C[C@@H](n2nc(C#Cc3ccn4ncnc4c3)c3c(N)ncnc32)C[C@@H]1COC. The molecule has 2 N–H and O–H groups in total. The van der Waals surface area contributed by atoms with Crippen molar-refractivity contribution in [3.05, 3.63) is 54.9 Å². The molecule has 0 bridgehead atoms. The molecule has 5 heterocycles. The van der Waals surface area contributed by atoms with Crippen molar-refractivity contribution in [1.29, 1.82) is 0 Å². The molecule has 166 valence electrons. The van der Waals surface area contributed by atoms with Crippen molar-refractivity contribution in [2.45, 2.75) is 18.5 Å². The van der Waals surface area contributed by atoms with Gasteiger partial charge in [0.25, 0.3) is 0 Å². The number of carbonyl (C=O) groups excluding carboxylic acids is 1. The Kier molecular flexibility index (Phi) is 5.20. The summed E-state index contributed by atoms with van der Waals surface area (Å²) >= 11 is 0. The molecular formula is C22H21N9O2. The van der Waals surface area contributed by atoms with Crippen molar-refractivity contribution in [1.82, 2.24) is 39.2 Å². The Morgan fingerprint density at radius 2 is 2.21 bits per heavy atom. The molecule has 0 unspecified atom stereocenters. The van der Waals surface area contributed by atoms with Crippen LogP contribution in [0.5, 0.6) is 0 Å². The first kappa shape index (κ1) is 20.6. The van der Waals surface area contributed by atoms with E-state index < -0.39 is 0 Å². The number of pyridine rings is 1. The van der Waals surface area contributed by atoms with E-state index in [0.29, 0.717) is 47.8 Å². The largest absolute Gasteiger partial charge is 0.383 e. The minimum absolute atomic E-state index is 0.0895. The Bertz CT molecular complexity index is 1430. The van der Waals surface area contributed by atoms with Gasteiger partial charge in [0.15, 0.2) is 11.3 Å². The zero-order valence-corrected chi connectivity index (χ0v) is 17.9. The van der Waals surface area contributed by atoms with E-state index in [4.69, 9.17) is 15.6 Å². The molecule has 0 spiro atoms. The number of amides is 1. The maximum Gasteiger partial charge on any atom is 0.246 e. The van der Waals surface area contributed by atoms with E-state index in [2.05, 4.69) is 38.5 Å². The zero-order valence-electron chi connectivity index (χ0n) is 17.9. The predicted molar refractivity (Wildman–Crippen MR) is 120 cm³/mol. The smallest absolute Gasteiger partial charge is 0.246 e. The first-order valence-electron chi connectivity index (χ1n) is 10.3. The molecule has 1 aliphatic heterocycles. The van der Waals surface area contributed by atoms with Gasteiger partial charge in [-0.1, -0.05) is 12.5 Å². The highest BCUT2D eigenvalue weighted by Gasteiger charge is 2.37. The summed E-state index contributed by atoms with van der Waals surface area (Å²) in [6, 6.07) is 3.48. The Labute approximate surface area is 188 Å². The lowest BCUT2D eigenvalue weighted by Crippen LogP contribution is -2.37. The number of nitrogens with two attached hydrogens (primary N) is 1. The number of aromatic nitrogens is 7. The fourth-order valence-corrected chi connectivity index (χ4v) is 4.17. The molecule has 11 nitrogen and oxygen atoms in total. The maximum absolute atomic E-state index is 12.4. The van der Waals surface area contributed by atoms with E-state index in [1.165, 1.54) is 18.7 Å². The van der Waals surface area contributed by atoms with Crippen molar-refractivity contribution in [3.8, 4) is 11.8 Å². The summed E-state index contributed by atoms with van der Waals surface area (Å²) in [5.41, 5.74) is 8.69. The number of hydrogen-bond acceptors (Lipinski definition) is 8. The van der Waals surface area contributed by atoms with Crippen LogP contribution in [0.2, 0.25) is 0 Å².